The first-order valence-electron chi connectivity index (χ1n) is 3.53. The molecule has 2 fully saturated rings. The first kappa shape index (κ1) is 5.27. The maximum absolute atomic E-state index is 10.4. The Morgan fingerprint density at radius 3 is 2.22 bits per heavy atom. The van der Waals surface area contributed by atoms with Crippen molar-refractivity contribution in [3.8, 4) is 0 Å². The van der Waals surface area contributed by atoms with E-state index in [1.807, 2.05) is 0 Å². The Labute approximate surface area is 53.9 Å². The van der Waals surface area contributed by atoms with Crippen LogP contribution in [0.1, 0.15) is 19.3 Å². The highest BCUT2D eigenvalue weighted by Gasteiger charge is 2.56. The SMILES string of the molecule is O=C(O)[C@@H]1[C@@H]2CCC[C@@H]21. The second-order valence-corrected chi connectivity index (χ2v) is 3.12. The summed E-state index contributed by atoms with van der Waals surface area (Å²) in [5.41, 5.74) is 0. The lowest BCUT2D eigenvalue weighted by atomic mass is 10.1. The summed E-state index contributed by atoms with van der Waals surface area (Å²) >= 11 is 0. The molecule has 1 N–H and O–H groups in total. The molecule has 0 saturated heterocycles. The lowest BCUT2D eigenvalue weighted by molar-refractivity contribution is -0.139. The van der Waals surface area contributed by atoms with E-state index in [0.29, 0.717) is 11.8 Å². The van der Waals surface area contributed by atoms with Crippen LogP contribution in [0.15, 0.2) is 0 Å². The Bertz CT molecular complexity index is 143. The first-order valence-corrected chi connectivity index (χ1v) is 3.53. The monoisotopic (exact) mass is 126 g/mol. The summed E-state index contributed by atoms with van der Waals surface area (Å²) < 4.78 is 0. The largest absolute Gasteiger partial charge is 0.481 e. The molecule has 0 amide bonds. The lowest BCUT2D eigenvalue weighted by Gasteiger charge is -1.93. The molecule has 0 aromatic heterocycles. The molecule has 0 spiro atoms. The number of carboxylic acid groups (broad SMARTS) is 1. The topological polar surface area (TPSA) is 37.3 Å². The second-order valence-electron chi connectivity index (χ2n) is 3.12. The van der Waals surface area contributed by atoms with Crippen molar-refractivity contribution in [3.63, 3.8) is 0 Å². The average molecular weight is 126 g/mol. The molecule has 0 aromatic carbocycles. The van der Waals surface area contributed by atoms with Crippen LogP contribution in [0.25, 0.3) is 0 Å². The van der Waals surface area contributed by atoms with E-state index in [0.717, 1.165) is 0 Å². The third-order valence-corrected chi connectivity index (χ3v) is 2.69. The number of rotatable bonds is 1. The quantitative estimate of drug-likeness (QED) is 0.571. The van der Waals surface area contributed by atoms with Crippen LogP contribution in [0.4, 0.5) is 0 Å². The van der Waals surface area contributed by atoms with Crippen molar-refractivity contribution in [3.05, 3.63) is 0 Å². The zero-order chi connectivity index (χ0) is 6.43. The molecule has 2 saturated carbocycles. The van der Waals surface area contributed by atoms with E-state index in [2.05, 4.69) is 0 Å². The fourth-order valence-electron chi connectivity index (χ4n) is 2.19. The minimum absolute atomic E-state index is 0.0544. The van der Waals surface area contributed by atoms with E-state index in [1.165, 1.54) is 19.3 Å². The molecule has 9 heavy (non-hydrogen) atoms. The zero-order valence-electron chi connectivity index (χ0n) is 5.21. The molecule has 2 nitrogen and oxygen atoms in total. The van der Waals surface area contributed by atoms with Crippen LogP contribution in [0.5, 0.6) is 0 Å². The summed E-state index contributed by atoms with van der Waals surface area (Å²) in [6.07, 6.45) is 3.60. The Kier molecular flexibility index (Phi) is 0.875. The maximum Gasteiger partial charge on any atom is 0.307 e. The molecule has 3 atom stereocenters. The van der Waals surface area contributed by atoms with Crippen LogP contribution in [0.2, 0.25) is 0 Å². The summed E-state index contributed by atoms with van der Waals surface area (Å²) in [6, 6.07) is 0. The van der Waals surface area contributed by atoms with Gasteiger partial charge in [0.05, 0.1) is 5.92 Å². The molecule has 2 aliphatic carbocycles. The molecule has 0 aromatic rings. The molecule has 0 radical (unpaired) electrons. The van der Waals surface area contributed by atoms with Crippen molar-refractivity contribution in [1.82, 2.24) is 0 Å². The highest BCUT2D eigenvalue weighted by atomic mass is 16.4. The second kappa shape index (κ2) is 1.49. The molecule has 0 heterocycles. The summed E-state index contributed by atoms with van der Waals surface area (Å²) in [4.78, 5) is 10.4. The van der Waals surface area contributed by atoms with Crippen LogP contribution >= 0.6 is 0 Å². The molecule has 0 aliphatic heterocycles. The van der Waals surface area contributed by atoms with Crippen molar-refractivity contribution in [2.24, 2.45) is 17.8 Å². The minimum Gasteiger partial charge on any atom is -0.481 e. The van der Waals surface area contributed by atoms with E-state index in [9.17, 15) is 4.79 Å². The van der Waals surface area contributed by atoms with Gasteiger partial charge in [0.15, 0.2) is 0 Å². The Hall–Kier alpha value is -0.530. The van der Waals surface area contributed by atoms with Gasteiger partial charge in [0.25, 0.3) is 0 Å². The van der Waals surface area contributed by atoms with Gasteiger partial charge in [0.2, 0.25) is 0 Å². The minimum atomic E-state index is -0.565. The van der Waals surface area contributed by atoms with Crippen LogP contribution in [0.3, 0.4) is 0 Å². The molecule has 2 heteroatoms. The predicted octanol–water partition coefficient (Wildman–Crippen LogP) is 1.12. The molecule has 0 bridgehead atoms. The van der Waals surface area contributed by atoms with Gasteiger partial charge in [-0.1, -0.05) is 6.42 Å². The highest BCUT2D eigenvalue weighted by molar-refractivity contribution is 5.74. The summed E-state index contributed by atoms with van der Waals surface area (Å²) in [5.74, 6) is 0.633. The summed E-state index contributed by atoms with van der Waals surface area (Å²) in [7, 11) is 0. The molecular formula is C7H10O2. The number of hydrogen-bond donors (Lipinski definition) is 1. The average Bonchev–Trinajstić information content (AvgIpc) is 2.30. The van der Waals surface area contributed by atoms with Gasteiger partial charge in [-0.2, -0.15) is 0 Å². The number of fused-ring (bicyclic) bond motifs is 1. The van der Waals surface area contributed by atoms with E-state index in [-0.39, 0.29) is 5.92 Å². The van der Waals surface area contributed by atoms with E-state index >= 15 is 0 Å². The Morgan fingerprint density at radius 2 is 1.89 bits per heavy atom. The number of aliphatic carboxylic acids is 1. The first-order chi connectivity index (χ1) is 4.30. The molecular weight excluding hydrogens is 116 g/mol. The smallest absolute Gasteiger partial charge is 0.307 e. The lowest BCUT2D eigenvalue weighted by Crippen LogP contribution is -2.02. The Morgan fingerprint density at radius 1 is 1.33 bits per heavy atom. The third kappa shape index (κ3) is 0.590. The van der Waals surface area contributed by atoms with E-state index < -0.39 is 5.97 Å². The van der Waals surface area contributed by atoms with Crippen molar-refractivity contribution in [2.75, 3.05) is 0 Å². The van der Waals surface area contributed by atoms with E-state index in [4.69, 9.17) is 5.11 Å². The molecule has 2 aliphatic rings. The number of hydrogen-bond acceptors (Lipinski definition) is 1. The van der Waals surface area contributed by atoms with Gasteiger partial charge < -0.3 is 5.11 Å². The fourth-order valence-corrected chi connectivity index (χ4v) is 2.19. The molecule has 2 rings (SSSR count). The van der Waals surface area contributed by atoms with Gasteiger partial charge in [-0.05, 0) is 24.7 Å². The van der Waals surface area contributed by atoms with Gasteiger partial charge in [-0.25, -0.2) is 0 Å². The van der Waals surface area contributed by atoms with Gasteiger partial charge in [0.1, 0.15) is 0 Å². The number of carbonyl (C=O) groups is 1. The van der Waals surface area contributed by atoms with Crippen LogP contribution in [-0.4, -0.2) is 11.1 Å². The molecule has 50 valence electrons. The predicted molar refractivity (Wildman–Crippen MR) is 32.0 cm³/mol. The Balaban J connectivity index is 2.02. The maximum atomic E-state index is 10.4. The van der Waals surface area contributed by atoms with E-state index in [1.54, 1.807) is 0 Å². The van der Waals surface area contributed by atoms with Crippen LogP contribution in [0, 0.1) is 17.8 Å². The molecule has 0 unspecified atom stereocenters. The normalized spacial score (nSPS) is 46.4. The third-order valence-electron chi connectivity index (χ3n) is 2.69. The fraction of sp³-hybridized carbons (Fsp3) is 0.857. The van der Waals surface area contributed by atoms with Crippen molar-refractivity contribution >= 4 is 5.97 Å². The van der Waals surface area contributed by atoms with Crippen molar-refractivity contribution in [1.29, 1.82) is 0 Å². The number of carboxylic acids is 1. The van der Waals surface area contributed by atoms with Gasteiger partial charge in [-0.15, -0.1) is 0 Å². The van der Waals surface area contributed by atoms with Crippen LogP contribution in [-0.2, 0) is 4.79 Å². The summed E-state index contributed by atoms with van der Waals surface area (Å²) in [5, 5.41) is 8.56. The van der Waals surface area contributed by atoms with Gasteiger partial charge in [-0.3, -0.25) is 4.79 Å². The zero-order valence-corrected chi connectivity index (χ0v) is 5.21. The van der Waals surface area contributed by atoms with Crippen LogP contribution < -0.4 is 0 Å². The van der Waals surface area contributed by atoms with Crippen molar-refractivity contribution < 1.29 is 9.90 Å². The van der Waals surface area contributed by atoms with Gasteiger partial charge >= 0.3 is 5.97 Å². The standard InChI is InChI=1S/C7H10O2/c8-7(9)6-4-2-1-3-5(4)6/h4-6H,1-3H2,(H,8,9)/t4-,5+,6-. The van der Waals surface area contributed by atoms with Crippen molar-refractivity contribution in [2.45, 2.75) is 19.3 Å². The highest BCUT2D eigenvalue weighted by Crippen LogP contribution is 2.57. The van der Waals surface area contributed by atoms with Gasteiger partial charge in [0, 0.05) is 0 Å². The summed E-state index contributed by atoms with van der Waals surface area (Å²) in [6.45, 7) is 0.